The maximum atomic E-state index is 5.77. The van der Waals surface area contributed by atoms with E-state index >= 15 is 0 Å². The number of thioether (sulfide) groups is 1. The Morgan fingerprint density at radius 3 is 2.86 bits per heavy atom. The lowest BCUT2D eigenvalue weighted by atomic mass is 10.0. The van der Waals surface area contributed by atoms with Gasteiger partial charge in [-0.05, 0) is 43.0 Å². The smallest absolute Gasteiger partial charge is 0.107 e. The molecule has 1 aliphatic rings. The van der Waals surface area contributed by atoms with E-state index in [1.54, 1.807) is 0 Å². The zero-order valence-electron chi connectivity index (χ0n) is 8.37. The van der Waals surface area contributed by atoms with E-state index in [9.17, 15) is 0 Å². The van der Waals surface area contributed by atoms with Crippen molar-refractivity contribution in [2.24, 2.45) is 5.73 Å². The molecule has 0 atom stereocenters. The molecule has 2 N–H and O–H groups in total. The Labute approximate surface area is 89.2 Å². The van der Waals surface area contributed by atoms with Gasteiger partial charge in [-0.1, -0.05) is 0 Å². The van der Waals surface area contributed by atoms with Gasteiger partial charge in [-0.2, -0.15) is 11.8 Å². The van der Waals surface area contributed by atoms with E-state index in [4.69, 9.17) is 10.2 Å². The lowest BCUT2D eigenvalue weighted by Crippen LogP contribution is -2.06. The first-order chi connectivity index (χ1) is 6.90. The van der Waals surface area contributed by atoms with Crippen LogP contribution in [0.2, 0.25) is 0 Å². The second-order valence-corrected chi connectivity index (χ2v) is 4.95. The molecule has 78 valence electrons. The molecule has 1 aromatic rings. The molecule has 1 fully saturated rings. The third kappa shape index (κ3) is 2.34. The average molecular weight is 211 g/mol. The zero-order chi connectivity index (χ0) is 9.80. The van der Waals surface area contributed by atoms with E-state index in [0.717, 1.165) is 12.2 Å². The molecule has 1 aromatic heterocycles. The van der Waals surface area contributed by atoms with E-state index in [1.807, 2.05) is 11.8 Å². The molecule has 0 saturated carbocycles. The molecule has 0 unspecified atom stereocenters. The molecule has 3 heteroatoms. The molecule has 2 heterocycles. The second kappa shape index (κ2) is 4.89. The topological polar surface area (TPSA) is 39.2 Å². The van der Waals surface area contributed by atoms with Crippen LogP contribution in [-0.4, -0.2) is 18.1 Å². The maximum absolute atomic E-state index is 5.77. The van der Waals surface area contributed by atoms with Gasteiger partial charge >= 0.3 is 0 Å². The Morgan fingerprint density at radius 2 is 2.14 bits per heavy atom. The summed E-state index contributed by atoms with van der Waals surface area (Å²) in [5.41, 5.74) is 5.48. The van der Waals surface area contributed by atoms with Crippen LogP contribution in [0, 0.1) is 0 Å². The van der Waals surface area contributed by atoms with Crippen LogP contribution >= 0.6 is 11.8 Å². The molecule has 0 amide bonds. The van der Waals surface area contributed by atoms with Crippen LogP contribution < -0.4 is 5.73 Å². The molecule has 0 radical (unpaired) electrons. The number of nitrogens with two attached hydrogens (primary N) is 1. The Balaban J connectivity index is 2.00. The Kier molecular flexibility index (Phi) is 3.54. The highest BCUT2D eigenvalue weighted by atomic mass is 32.2. The summed E-state index contributed by atoms with van der Waals surface area (Å²) in [5.74, 6) is 5.42. The molecule has 0 bridgehead atoms. The van der Waals surface area contributed by atoms with Crippen LogP contribution in [0.3, 0.4) is 0 Å². The summed E-state index contributed by atoms with van der Waals surface area (Å²) in [5, 5.41) is 0. The van der Waals surface area contributed by atoms with Gasteiger partial charge in [-0.15, -0.1) is 0 Å². The van der Waals surface area contributed by atoms with Crippen LogP contribution in [0.5, 0.6) is 0 Å². The number of furan rings is 1. The monoisotopic (exact) mass is 211 g/mol. The van der Waals surface area contributed by atoms with E-state index in [1.165, 1.54) is 30.1 Å². The second-order valence-electron chi connectivity index (χ2n) is 3.73. The largest absolute Gasteiger partial charge is 0.466 e. The van der Waals surface area contributed by atoms with Crippen molar-refractivity contribution in [1.29, 1.82) is 0 Å². The summed E-state index contributed by atoms with van der Waals surface area (Å²) < 4.78 is 5.77. The van der Waals surface area contributed by atoms with Gasteiger partial charge in [0.15, 0.2) is 0 Å². The molecule has 2 rings (SSSR count). The first-order valence-electron chi connectivity index (χ1n) is 5.26. The standard InChI is InChI=1S/C11H17NOS/c12-6-3-10-1-2-11(13-10)9-4-7-14-8-5-9/h1-2,9H,3-8,12H2. The van der Waals surface area contributed by atoms with Gasteiger partial charge in [0.1, 0.15) is 11.5 Å². The summed E-state index contributed by atoms with van der Waals surface area (Å²) in [6, 6.07) is 4.20. The van der Waals surface area contributed by atoms with Gasteiger partial charge in [0.2, 0.25) is 0 Å². The molecule has 1 saturated heterocycles. The van der Waals surface area contributed by atoms with E-state index in [2.05, 4.69) is 12.1 Å². The van der Waals surface area contributed by atoms with Gasteiger partial charge < -0.3 is 10.2 Å². The predicted octanol–water partition coefficient (Wildman–Crippen LogP) is 2.39. The maximum Gasteiger partial charge on any atom is 0.107 e. The highest BCUT2D eigenvalue weighted by molar-refractivity contribution is 7.99. The van der Waals surface area contributed by atoms with Crippen molar-refractivity contribution in [2.45, 2.75) is 25.2 Å². The minimum absolute atomic E-state index is 0.655. The fraction of sp³-hybridized carbons (Fsp3) is 0.636. The molecule has 0 aliphatic carbocycles. The molecule has 0 aromatic carbocycles. The van der Waals surface area contributed by atoms with Crippen molar-refractivity contribution in [3.8, 4) is 0 Å². The third-order valence-electron chi connectivity index (χ3n) is 2.70. The molecule has 1 aliphatic heterocycles. The summed E-state index contributed by atoms with van der Waals surface area (Å²) in [4.78, 5) is 0. The van der Waals surface area contributed by atoms with Crippen molar-refractivity contribution in [3.63, 3.8) is 0 Å². The molecular weight excluding hydrogens is 194 g/mol. The molecule has 0 spiro atoms. The quantitative estimate of drug-likeness (QED) is 0.834. The zero-order valence-corrected chi connectivity index (χ0v) is 9.19. The predicted molar refractivity (Wildman–Crippen MR) is 60.8 cm³/mol. The minimum Gasteiger partial charge on any atom is -0.466 e. The van der Waals surface area contributed by atoms with E-state index < -0.39 is 0 Å². The van der Waals surface area contributed by atoms with Crippen molar-refractivity contribution in [3.05, 3.63) is 23.7 Å². The lowest BCUT2D eigenvalue weighted by molar-refractivity contribution is 0.418. The molecule has 2 nitrogen and oxygen atoms in total. The summed E-state index contributed by atoms with van der Waals surface area (Å²) in [7, 11) is 0. The molecular formula is C11H17NOS. The van der Waals surface area contributed by atoms with Gasteiger partial charge in [-0.25, -0.2) is 0 Å². The average Bonchev–Trinajstić information content (AvgIpc) is 2.68. The van der Waals surface area contributed by atoms with Crippen molar-refractivity contribution in [2.75, 3.05) is 18.1 Å². The fourth-order valence-corrected chi connectivity index (χ4v) is 2.98. The van der Waals surface area contributed by atoms with E-state index in [-0.39, 0.29) is 0 Å². The SMILES string of the molecule is NCCc1ccc(C2CCSCC2)o1. The van der Waals surface area contributed by atoms with Crippen LogP contribution in [0.4, 0.5) is 0 Å². The fourth-order valence-electron chi connectivity index (χ4n) is 1.87. The van der Waals surface area contributed by atoms with Crippen molar-refractivity contribution >= 4 is 11.8 Å². The lowest BCUT2D eigenvalue weighted by Gasteiger charge is -2.18. The van der Waals surface area contributed by atoms with Crippen molar-refractivity contribution in [1.82, 2.24) is 0 Å². The highest BCUT2D eigenvalue weighted by Gasteiger charge is 2.18. The summed E-state index contributed by atoms with van der Waals surface area (Å²) in [6.07, 6.45) is 3.39. The van der Waals surface area contributed by atoms with Crippen LogP contribution in [0.25, 0.3) is 0 Å². The van der Waals surface area contributed by atoms with Crippen LogP contribution in [0.15, 0.2) is 16.5 Å². The van der Waals surface area contributed by atoms with Gasteiger partial charge in [-0.3, -0.25) is 0 Å². The highest BCUT2D eigenvalue weighted by Crippen LogP contribution is 2.32. The van der Waals surface area contributed by atoms with Gasteiger partial charge in [0.05, 0.1) is 0 Å². The van der Waals surface area contributed by atoms with Gasteiger partial charge in [0, 0.05) is 12.3 Å². The number of hydrogen-bond acceptors (Lipinski definition) is 3. The number of rotatable bonds is 3. The summed E-state index contributed by atoms with van der Waals surface area (Å²) >= 11 is 2.05. The third-order valence-corrected chi connectivity index (χ3v) is 3.75. The number of hydrogen-bond donors (Lipinski definition) is 1. The minimum atomic E-state index is 0.655. The normalized spacial score (nSPS) is 18.6. The molecule has 14 heavy (non-hydrogen) atoms. The Morgan fingerprint density at radius 1 is 1.36 bits per heavy atom. The van der Waals surface area contributed by atoms with Crippen LogP contribution in [0.1, 0.15) is 30.3 Å². The first-order valence-corrected chi connectivity index (χ1v) is 6.42. The first kappa shape index (κ1) is 10.1. The van der Waals surface area contributed by atoms with Crippen molar-refractivity contribution < 1.29 is 4.42 Å². The van der Waals surface area contributed by atoms with Gasteiger partial charge in [0.25, 0.3) is 0 Å². The Bertz CT molecular complexity index is 279. The Hall–Kier alpha value is -0.410. The summed E-state index contributed by atoms with van der Waals surface area (Å²) in [6.45, 7) is 0.674. The van der Waals surface area contributed by atoms with Crippen LogP contribution in [-0.2, 0) is 6.42 Å². The van der Waals surface area contributed by atoms with E-state index in [0.29, 0.717) is 12.5 Å².